The van der Waals surface area contributed by atoms with E-state index in [-0.39, 0.29) is 0 Å². The Hall–Kier alpha value is -3.03. The first kappa shape index (κ1) is 27.0. The normalized spacial score (nSPS) is 13.3. The highest BCUT2D eigenvalue weighted by atomic mass is 35.5. The second kappa shape index (κ2) is 11.2. The van der Waals surface area contributed by atoms with Crippen molar-refractivity contribution in [3.8, 4) is 0 Å². The van der Waals surface area contributed by atoms with Crippen molar-refractivity contribution in [2.45, 2.75) is 38.4 Å². The van der Waals surface area contributed by atoms with Gasteiger partial charge in [-0.2, -0.15) is 8.42 Å². The van der Waals surface area contributed by atoms with Crippen LogP contribution in [0.15, 0.2) is 78.9 Å². The lowest BCUT2D eigenvalue weighted by atomic mass is 9.90. The quantitative estimate of drug-likeness (QED) is 0.235. The van der Waals surface area contributed by atoms with Crippen molar-refractivity contribution < 1.29 is 17.7 Å². The van der Waals surface area contributed by atoms with Crippen molar-refractivity contribution in [1.82, 2.24) is 4.98 Å². The van der Waals surface area contributed by atoms with E-state index in [0.29, 0.717) is 17.9 Å². The van der Waals surface area contributed by atoms with Gasteiger partial charge in [0, 0.05) is 10.4 Å². The van der Waals surface area contributed by atoms with Crippen LogP contribution in [0.25, 0.3) is 23.1 Å². The predicted molar refractivity (Wildman–Crippen MR) is 151 cm³/mol. The van der Waals surface area contributed by atoms with Gasteiger partial charge in [-0.15, -0.1) is 0 Å². The molecule has 0 fully saturated rings. The zero-order chi connectivity index (χ0) is 26.6. The molecule has 37 heavy (non-hydrogen) atoms. The van der Waals surface area contributed by atoms with E-state index >= 15 is 0 Å². The summed E-state index contributed by atoms with van der Waals surface area (Å²) in [6, 6.07) is 24.8. The van der Waals surface area contributed by atoms with E-state index in [2.05, 4.69) is 4.98 Å². The van der Waals surface area contributed by atoms with Crippen molar-refractivity contribution in [3.05, 3.63) is 112 Å². The van der Waals surface area contributed by atoms with Crippen LogP contribution in [-0.4, -0.2) is 24.8 Å². The number of benzene rings is 3. The molecule has 4 rings (SSSR count). The van der Waals surface area contributed by atoms with Gasteiger partial charge in [-0.25, -0.2) is 4.98 Å². The number of aliphatic hydroxyl groups is 1. The van der Waals surface area contributed by atoms with Gasteiger partial charge in [0.25, 0.3) is 10.1 Å². The molecule has 1 aromatic heterocycles. The maximum absolute atomic E-state index is 12.1. The number of hydrogen-bond acceptors (Lipinski definition) is 5. The highest BCUT2D eigenvalue weighted by Gasteiger charge is 2.22. The van der Waals surface area contributed by atoms with Gasteiger partial charge < -0.3 is 5.11 Å². The first-order valence-electron chi connectivity index (χ1n) is 12.0. The number of halogens is 1. The SMILES string of the molecule is CC(C)(O)c1ccccc1CC[C@H](OS(C)(=O)=O)c1cccc(/C=C/c2ccc3ccc(Cl)cc3n2)c1. The van der Waals surface area contributed by atoms with Crippen LogP contribution < -0.4 is 0 Å². The monoisotopic (exact) mass is 535 g/mol. The fraction of sp³-hybridized carbons (Fsp3) is 0.233. The molecule has 0 spiro atoms. The molecule has 0 bridgehead atoms. The molecular weight excluding hydrogens is 506 g/mol. The van der Waals surface area contributed by atoms with Crippen LogP contribution in [0.2, 0.25) is 5.02 Å². The molecule has 1 N–H and O–H groups in total. The van der Waals surface area contributed by atoms with E-state index in [1.807, 2.05) is 91.0 Å². The number of aryl methyl sites for hydroxylation is 1. The Bertz CT molecular complexity index is 1540. The van der Waals surface area contributed by atoms with Crippen molar-refractivity contribution in [3.63, 3.8) is 0 Å². The number of fused-ring (bicyclic) bond motifs is 1. The molecule has 3 aromatic carbocycles. The molecule has 0 saturated heterocycles. The summed E-state index contributed by atoms with van der Waals surface area (Å²) in [7, 11) is -3.70. The average Bonchev–Trinajstić information content (AvgIpc) is 2.84. The Labute approximate surface area is 223 Å². The molecule has 0 aliphatic rings. The molecule has 1 heterocycles. The summed E-state index contributed by atoms with van der Waals surface area (Å²) in [5, 5.41) is 12.2. The van der Waals surface area contributed by atoms with Gasteiger partial charge in [-0.3, -0.25) is 4.18 Å². The van der Waals surface area contributed by atoms with Gasteiger partial charge >= 0.3 is 0 Å². The summed E-state index contributed by atoms with van der Waals surface area (Å²) in [5.74, 6) is 0. The van der Waals surface area contributed by atoms with Crippen LogP contribution in [0, 0.1) is 0 Å². The second-order valence-corrected chi connectivity index (χ2v) is 11.7. The van der Waals surface area contributed by atoms with E-state index in [1.165, 1.54) is 0 Å². The molecule has 5 nitrogen and oxygen atoms in total. The van der Waals surface area contributed by atoms with Crippen LogP contribution in [0.3, 0.4) is 0 Å². The van der Waals surface area contributed by atoms with Crippen molar-refractivity contribution in [1.29, 1.82) is 0 Å². The predicted octanol–water partition coefficient (Wildman–Crippen LogP) is 6.94. The molecule has 4 aromatic rings. The van der Waals surface area contributed by atoms with E-state index in [4.69, 9.17) is 15.8 Å². The molecular formula is C30H30ClNO4S. The fourth-order valence-corrected chi connectivity index (χ4v) is 5.14. The van der Waals surface area contributed by atoms with Crippen LogP contribution in [-0.2, 0) is 26.3 Å². The Kier molecular flexibility index (Phi) is 8.14. The van der Waals surface area contributed by atoms with Gasteiger partial charge in [0.1, 0.15) is 6.10 Å². The minimum absolute atomic E-state index is 0.431. The van der Waals surface area contributed by atoms with E-state index in [0.717, 1.165) is 45.1 Å². The molecule has 0 unspecified atom stereocenters. The number of nitrogens with zero attached hydrogens (tertiary/aromatic N) is 1. The molecule has 0 amide bonds. The third kappa shape index (κ3) is 7.49. The summed E-state index contributed by atoms with van der Waals surface area (Å²) in [6.45, 7) is 3.48. The highest BCUT2D eigenvalue weighted by Crippen LogP contribution is 2.30. The van der Waals surface area contributed by atoms with E-state index in [9.17, 15) is 13.5 Å². The fourth-order valence-electron chi connectivity index (χ4n) is 4.35. The van der Waals surface area contributed by atoms with Crippen molar-refractivity contribution in [2.24, 2.45) is 0 Å². The largest absolute Gasteiger partial charge is 0.386 e. The second-order valence-electron chi connectivity index (χ2n) is 9.62. The van der Waals surface area contributed by atoms with Crippen LogP contribution in [0.1, 0.15) is 54.3 Å². The van der Waals surface area contributed by atoms with E-state index in [1.54, 1.807) is 13.8 Å². The minimum atomic E-state index is -3.70. The zero-order valence-electron chi connectivity index (χ0n) is 21.1. The number of aromatic nitrogens is 1. The van der Waals surface area contributed by atoms with Crippen molar-refractivity contribution >= 4 is 44.8 Å². The van der Waals surface area contributed by atoms with Gasteiger partial charge in [-0.1, -0.05) is 72.3 Å². The van der Waals surface area contributed by atoms with E-state index < -0.39 is 21.8 Å². The lowest BCUT2D eigenvalue weighted by Gasteiger charge is -2.23. The molecule has 0 radical (unpaired) electrons. The molecule has 192 valence electrons. The molecule has 7 heteroatoms. The summed E-state index contributed by atoms with van der Waals surface area (Å²) < 4.78 is 29.7. The van der Waals surface area contributed by atoms with Crippen LogP contribution >= 0.6 is 11.6 Å². The zero-order valence-corrected chi connectivity index (χ0v) is 22.6. The Morgan fingerprint density at radius 3 is 2.51 bits per heavy atom. The minimum Gasteiger partial charge on any atom is -0.386 e. The summed E-state index contributed by atoms with van der Waals surface area (Å²) in [5.41, 5.74) is 4.01. The maximum Gasteiger partial charge on any atom is 0.264 e. The Morgan fingerprint density at radius 1 is 1.00 bits per heavy atom. The Morgan fingerprint density at radius 2 is 1.76 bits per heavy atom. The van der Waals surface area contributed by atoms with Crippen LogP contribution in [0.4, 0.5) is 0 Å². The van der Waals surface area contributed by atoms with Crippen LogP contribution in [0.5, 0.6) is 0 Å². The smallest absolute Gasteiger partial charge is 0.264 e. The lowest BCUT2D eigenvalue weighted by Crippen LogP contribution is -2.18. The summed E-state index contributed by atoms with van der Waals surface area (Å²) in [4.78, 5) is 4.65. The Balaban J connectivity index is 1.58. The molecule has 0 aliphatic heterocycles. The van der Waals surface area contributed by atoms with Gasteiger partial charge in [-0.05, 0) is 79.3 Å². The first-order valence-corrected chi connectivity index (χ1v) is 14.2. The number of rotatable bonds is 9. The average molecular weight is 536 g/mol. The third-order valence-electron chi connectivity index (χ3n) is 6.05. The first-order chi connectivity index (χ1) is 17.5. The summed E-state index contributed by atoms with van der Waals surface area (Å²) >= 11 is 6.11. The molecule has 0 saturated carbocycles. The number of pyridine rings is 1. The third-order valence-corrected chi connectivity index (χ3v) is 6.86. The number of hydrogen-bond donors (Lipinski definition) is 1. The summed E-state index contributed by atoms with van der Waals surface area (Å²) in [6.07, 6.45) is 5.21. The maximum atomic E-state index is 12.1. The molecule has 1 atom stereocenters. The van der Waals surface area contributed by atoms with Gasteiger partial charge in [0.05, 0.1) is 23.1 Å². The lowest BCUT2D eigenvalue weighted by molar-refractivity contribution is 0.0773. The highest BCUT2D eigenvalue weighted by molar-refractivity contribution is 7.86. The standard InChI is InChI=1S/C30H30ClNO4S/c1-30(2,33)27-10-5-4-8-22(27)14-18-29(36-37(3,34)35)24-9-6-7-21(19-24)11-16-26-17-13-23-12-15-25(31)20-28(23)32-26/h4-13,15-17,19-20,29,33H,14,18H2,1-3H3/b16-11+/t29-/m0/s1. The van der Waals surface area contributed by atoms with Crippen molar-refractivity contribution in [2.75, 3.05) is 6.26 Å². The molecule has 0 aliphatic carbocycles. The van der Waals surface area contributed by atoms with Gasteiger partial charge in [0.15, 0.2) is 0 Å². The topological polar surface area (TPSA) is 76.5 Å². The van der Waals surface area contributed by atoms with Gasteiger partial charge in [0.2, 0.25) is 0 Å².